The van der Waals surface area contributed by atoms with E-state index in [9.17, 15) is 14.4 Å². The summed E-state index contributed by atoms with van der Waals surface area (Å²) < 4.78 is 2.79. The lowest BCUT2D eigenvalue weighted by Gasteiger charge is -2.36. The van der Waals surface area contributed by atoms with Crippen LogP contribution in [0.5, 0.6) is 0 Å². The van der Waals surface area contributed by atoms with Crippen LogP contribution in [0, 0.1) is 0 Å². The zero-order valence-corrected chi connectivity index (χ0v) is 16.5. The number of benzene rings is 2. The second-order valence-electron chi connectivity index (χ2n) is 7.26. The molecule has 0 radical (unpaired) electrons. The van der Waals surface area contributed by atoms with Crippen molar-refractivity contribution in [2.75, 3.05) is 31.1 Å². The first-order valence-electron chi connectivity index (χ1n) is 9.82. The van der Waals surface area contributed by atoms with E-state index in [-0.39, 0.29) is 18.9 Å². The smallest absolute Gasteiger partial charge is 0.316 e. The Labute approximate surface area is 168 Å². The monoisotopic (exact) mass is 392 g/mol. The van der Waals surface area contributed by atoms with Gasteiger partial charge in [0.15, 0.2) is 0 Å². The average molecular weight is 392 g/mol. The average Bonchev–Trinajstić information content (AvgIpc) is 2.78. The molecule has 1 amide bonds. The molecule has 150 valence electrons. The van der Waals surface area contributed by atoms with Gasteiger partial charge in [0.05, 0.1) is 11.0 Å². The van der Waals surface area contributed by atoms with Gasteiger partial charge in [0.2, 0.25) is 5.91 Å². The number of carbonyl (C=O) groups is 1. The lowest BCUT2D eigenvalue weighted by Crippen LogP contribution is -2.49. The van der Waals surface area contributed by atoms with Gasteiger partial charge >= 0.3 is 11.1 Å². The van der Waals surface area contributed by atoms with Crippen molar-refractivity contribution in [3.8, 4) is 0 Å². The Balaban J connectivity index is 1.45. The highest BCUT2D eigenvalue weighted by atomic mass is 16.2. The van der Waals surface area contributed by atoms with Crippen molar-refractivity contribution >= 4 is 22.6 Å². The van der Waals surface area contributed by atoms with Crippen molar-refractivity contribution in [3.63, 3.8) is 0 Å². The molecular weight excluding hydrogens is 368 g/mol. The van der Waals surface area contributed by atoms with E-state index >= 15 is 0 Å². The van der Waals surface area contributed by atoms with Gasteiger partial charge in [-0.05, 0) is 24.3 Å². The van der Waals surface area contributed by atoms with Crippen LogP contribution in [-0.2, 0) is 18.4 Å². The second-order valence-corrected chi connectivity index (χ2v) is 7.26. The van der Waals surface area contributed by atoms with Gasteiger partial charge in [0.25, 0.3) is 0 Å². The van der Waals surface area contributed by atoms with Crippen LogP contribution < -0.4 is 16.0 Å². The molecule has 3 aromatic rings. The van der Waals surface area contributed by atoms with Crippen LogP contribution in [0.15, 0.2) is 64.2 Å². The van der Waals surface area contributed by atoms with E-state index in [1.54, 1.807) is 19.2 Å². The van der Waals surface area contributed by atoms with Crippen molar-refractivity contribution in [1.29, 1.82) is 0 Å². The van der Waals surface area contributed by atoms with Crippen LogP contribution in [0.4, 0.5) is 5.69 Å². The highest BCUT2D eigenvalue weighted by Crippen LogP contribution is 2.16. The molecule has 7 nitrogen and oxygen atoms in total. The first-order valence-corrected chi connectivity index (χ1v) is 9.82. The summed E-state index contributed by atoms with van der Waals surface area (Å²) in [5, 5.41) is 0. The van der Waals surface area contributed by atoms with Crippen LogP contribution in [0.25, 0.3) is 11.0 Å². The molecule has 4 rings (SSSR count). The fraction of sp³-hybridized carbons (Fsp3) is 0.318. The molecular formula is C22H24N4O3. The molecule has 1 aliphatic rings. The summed E-state index contributed by atoms with van der Waals surface area (Å²) in [6.45, 7) is 3.07. The molecule has 0 atom stereocenters. The molecule has 1 aromatic heterocycles. The summed E-state index contributed by atoms with van der Waals surface area (Å²) in [5.74, 6) is 0.00868. The molecule has 0 saturated carbocycles. The van der Waals surface area contributed by atoms with Gasteiger partial charge < -0.3 is 18.9 Å². The topological polar surface area (TPSA) is 67.5 Å². The molecule has 2 heterocycles. The largest absolute Gasteiger partial charge is 0.368 e. The van der Waals surface area contributed by atoms with Crippen LogP contribution in [0.2, 0.25) is 0 Å². The van der Waals surface area contributed by atoms with Gasteiger partial charge in [-0.3, -0.25) is 14.4 Å². The number of aromatic nitrogens is 2. The highest BCUT2D eigenvalue weighted by molar-refractivity contribution is 5.78. The van der Waals surface area contributed by atoms with Gasteiger partial charge in [-0.2, -0.15) is 0 Å². The lowest BCUT2D eigenvalue weighted by atomic mass is 10.2. The van der Waals surface area contributed by atoms with E-state index in [0.717, 1.165) is 18.8 Å². The number of hydrogen-bond acceptors (Lipinski definition) is 4. The summed E-state index contributed by atoms with van der Waals surface area (Å²) >= 11 is 0. The van der Waals surface area contributed by atoms with E-state index < -0.39 is 11.1 Å². The van der Waals surface area contributed by atoms with Crippen LogP contribution in [0.3, 0.4) is 0 Å². The SMILES string of the molecule is Cn1c(=O)c(=O)n(CCC(=O)N2CCN(c3ccccc3)CC2)c2ccccc21. The molecule has 29 heavy (non-hydrogen) atoms. The quantitative estimate of drug-likeness (QED) is 0.630. The minimum Gasteiger partial charge on any atom is -0.368 e. The van der Waals surface area contributed by atoms with E-state index in [1.165, 1.54) is 9.13 Å². The normalized spacial score (nSPS) is 14.4. The molecule has 0 N–H and O–H groups in total. The van der Waals surface area contributed by atoms with E-state index in [1.807, 2.05) is 35.2 Å². The molecule has 1 aliphatic heterocycles. The molecule has 0 bridgehead atoms. The van der Waals surface area contributed by atoms with Crippen molar-refractivity contribution in [2.45, 2.75) is 13.0 Å². The van der Waals surface area contributed by atoms with Gasteiger partial charge in [0.1, 0.15) is 0 Å². The first kappa shape index (κ1) is 19.0. The van der Waals surface area contributed by atoms with Gasteiger partial charge in [-0.15, -0.1) is 0 Å². The van der Waals surface area contributed by atoms with Crippen molar-refractivity contribution in [1.82, 2.24) is 14.0 Å². The van der Waals surface area contributed by atoms with E-state index in [0.29, 0.717) is 24.1 Å². The Kier molecular flexibility index (Phi) is 5.20. The Morgan fingerprint density at radius 2 is 1.45 bits per heavy atom. The van der Waals surface area contributed by atoms with E-state index in [4.69, 9.17) is 0 Å². The zero-order valence-electron chi connectivity index (χ0n) is 16.5. The molecule has 0 spiro atoms. The fourth-order valence-corrected chi connectivity index (χ4v) is 3.89. The van der Waals surface area contributed by atoms with Gasteiger partial charge in [0, 0.05) is 51.9 Å². The number of hydrogen-bond donors (Lipinski definition) is 0. The maximum atomic E-state index is 12.7. The van der Waals surface area contributed by atoms with Gasteiger partial charge in [-0.1, -0.05) is 30.3 Å². The maximum absolute atomic E-state index is 12.7. The number of para-hydroxylation sites is 3. The van der Waals surface area contributed by atoms with Crippen LogP contribution >= 0.6 is 0 Å². The molecule has 7 heteroatoms. The van der Waals surface area contributed by atoms with Crippen molar-refractivity contribution in [2.24, 2.45) is 7.05 Å². The molecule has 1 fully saturated rings. The fourth-order valence-electron chi connectivity index (χ4n) is 3.89. The molecule has 0 unspecified atom stereocenters. The third kappa shape index (κ3) is 3.68. The maximum Gasteiger partial charge on any atom is 0.316 e. The first-order chi connectivity index (χ1) is 14.1. The Morgan fingerprint density at radius 3 is 2.14 bits per heavy atom. The third-order valence-corrected chi connectivity index (χ3v) is 5.57. The number of aryl methyl sites for hydroxylation is 2. The molecule has 1 saturated heterocycles. The number of anilines is 1. The predicted molar refractivity (Wildman–Crippen MR) is 113 cm³/mol. The Hall–Kier alpha value is -3.35. The molecule has 2 aromatic carbocycles. The lowest BCUT2D eigenvalue weighted by molar-refractivity contribution is -0.131. The van der Waals surface area contributed by atoms with Crippen molar-refractivity contribution in [3.05, 3.63) is 75.3 Å². The summed E-state index contributed by atoms with van der Waals surface area (Å²) in [6, 6.07) is 17.4. The Morgan fingerprint density at radius 1 is 0.828 bits per heavy atom. The number of piperazine rings is 1. The summed E-state index contributed by atoms with van der Waals surface area (Å²) in [6.07, 6.45) is 0.197. The number of rotatable bonds is 4. The van der Waals surface area contributed by atoms with Crippen molar-refractivity contribution < 1.29 is 4.79 Å². The third-order valence-electron chi connectivity index (χ3n) is 5.57. The zero-order chi connectivity index (χ0) is 20.4. The molecule has 0 aliphatic carbocycles. The number of amides is 1. The Bertz CT molecular complexity index is 1140. The minimum atomic E-state index is -0.590. The van der Waals surface area contributed by atoms with Gasteiger partial charge in [-0.25, -0.2) is 0 Å². The summed E-state index contributed by atoms with van der Waals surface area (Å²) in [4.78, 5) is 41.6. The highest BCUT2D eigenvalue weighted by Gasteiger charge is 2.21. The second kappa shape index (κ2) is 7.95. The minimum absolute atomic E-state index is 0.00868. The number of nitrogens with zero attached hydrogens (tertiary/aromatic N) is 4. The number of carbonyl (C=O) groups excluding carboxylic acids is 1. The summed E-state index contributed by atoms with van der Waals surface area (Å²) in [5.41, 5.74) is 1.35. The van der Waals surface area contributed by atoms with E-state index in [2.05, 4.69) is 17.0 Å². The standard InChI is InChI=1S/C22H24N4O3/c1-23-18-9-5-6-10-19(18)26(22(29)21(23)28)12-11-20(27)25-15-13-24(14-16-25)17-7-3-2-4-8-17/h2-10H,11-16H2,1H3. The summed E-state index contributed by atoms with van der Waals surface area (Å²) in [7, 11) is 1.59. The van der Waals surface area contributed by atoms with Crippen LogP contribution in [-0.4, -0.2) is 46.1 Å². The number of fused-ring (bicyclic) bond motifs is 1. The van der Waals surface area contributed by atoms with Crippen LogP contribution in [0.1, 0.15) is 6.42 Å². The predicted octanol–water partition coefficient (Wildman–Crippen LogP) is 1.44.